The first kappa shape index (κ1) is 21.7. The molecule has 3 aliphatic rings. The molecule has 8 nitrogen and oxygen atoms in total. The summed E-state index contributed by atoms with van der Waals surface area (Å²) in [5.41, 5.74) is 12.3. The van der Waals surface area contributed by atoms with Crippen LogP contribution in [-0.4, -0.2) is 61.1 Å². The molecule has 2 aromatic rings. The minimum absolute atomic E-state index is 0.0338. The molecule has 1 saturated heterocycles. The second-order valence-corrected chi connectivity index (χ2v) is 9.33. The van der Waals surface area contributed by atoms with Gasteiger partial charge in [0, 0.05) is 50.0 Å². The van der Waals surface area contributed by atoms with Crippen molar-refractivity contribution in [3.63, 3.8) is 0 Å². The van der Waals surface area contributed by atoms with Crippen molar-refractivity contribution in [2.45, 2.75) is 44.6 Å². The number of nitrogens with one attached hydrogen (secondary N) is 1. The van der Waals surface area contributed by atoms with Gasteiger partial charge in [0.2, 0.25) is 11.8 Å². The van der Waals surface area contributed by atoms with Crippen molar-refractivity contribution in [1.29, 1.82) is 0 Å². The molecule has 3 N–H and O–H groups in total. The van der Waals surface area contributed by atoms with Crippen LogP contribution in [0.5, 0.6) is 0 Å². The second-order valence-electron chi connectivity index (χ2n) is 9.33. The Morgan fingerprint density at radius 1 is 1.27 bits per heavy atom. The number of nitrogens with two attached hydrogens (primary N) is 1. The summed E-state index contributed by atoms with van der Waals surface area (Å²) in [6.07, 6.45) is 3.10. The van der Waals surface area contributed by atoms with Gasteiger partial charge in [0.25, 0.3) is 0 Å². The van der Waals surface area contributed by atoms with E-state index in [9.17, 15) is 9.59 Å². The summed E-state index contributed by atoms with van der Waals surface area (Å²) in [7, 11) is 1.61. The topological polar surface area (TPSA) is 101 Å². The molecule has 1 atom stereocenters. The molecule has 1 aliphatic carbocycles. The molecule has 174 valence electrons. The van der Waals surface area contributed by atoms with Gasteiger partial charge in [0.15, 0.2) is 5.82 Å². The normalized spacial score (nSPS) is 20.1. The highest BCUT2D eigenvalue weighted by molar-refractivity contribution is 6.00. The van der Waals surface area contributed by atoms with Crippen LogP contribution in [0.4, 0.5) is 17.2 Å². The minimum atomic E-state index is 0.0338. The number of fused-ring (bicyclic) bond motifs is 1. The van der Waals surface area contributed by atoms with E-state index in [0.29, 0.717) is 50.7 Å². The third-order valence-electron chi connectivity index (χ3n) is 6.84. The van der Waals surface area contributed by atoms with Crippen molar-refractivity contribution in [3.05, 3.63) is 35.5 Å². The van der Waals surface area contributed by atoms with Crippen molar-refractivity contribution < 1.29 is 14.3 Å². The van der Waals surface area contributed by atoms with Gasteiger partial charge in [-0.05, 0) is 43.0 Å². The van der Waals surface area contributed by atoms with E-state index in [1.54, 1.807) is 7.11 Å². The predicted octanol–water partition coefficient (Wildman–Crippen LogP) is 2.78. The van der Waals surface area contributed by atoms with Gasteiger partial charge in [-0.25, -0.2) is 4.98 Å². The lowest BCUT2D eigenvalue weighted by molar-refractivity contribution is -0.134. The fourth-order valence-electron chi connectivity index (χ4n) is 4.92. The van der Waals surface area contributed by atoms with E-state index in [-0.39, 0.29) is 17.9 Å². The largest absolute Gasteiger partial charge is 0.396 e. The lowest BCUT2D eigenvalue weighted by Crippen LogP contribution is -2.54. The Kier molecular flexibility index (Phi) is 5.70. The number of amides is 2. The lowest BCUT2D eigenvalue weighted by atomic mass is 9.98. The van der Waals surface area contributed by atoms with Crippen LogP contribution in [0.25, 0.3) is 11.1 Å². The van der Waals surface area contributed by atoms with Gasteiger partial charge in [0.1, 0.15) is 0 Å². The molecule has 2 fully saturated rings. The molecule has 2 aliphatic heterocycles. The van der Waals surface area contributed by atoms with E-state index < -0.39 is 0 Å². The van der Waals surface area contributed by atoms with Crippen LogP contribution in [0.15, 0.2) is 24.3 Å². The maximum atomic E-state index is 12.5. The van der Waals surface area contributed by atoms with Crippen molar-refractivity contribution in [2.24, 2.45) is 0 Å². The van der Waals surface area contributed by atoms with E-state index in [4.69, 9.17) is 15.5 Å². The molecule has 1 aromatic carbocycles. The van der Waals surface area contributed by atoms with Gasteiger partial charge < -0.3 is 25.6 Å². The maximum Gasteiger partial charge on any atom is 0.228 e. The Morgan fingerprint density at radius 3 is 2.82 bits per heavy atom. The fourth-order valence-corrected chi connectivity index (χ4v) is 4.92. The monoisotopic (exact) mass is 449 g/mol. The number of nitrogens with zero attached hydrogens (tertiary/aromatic N) is 3. The smallest absolute Gasteiger partial charge is 0.228 e. The number of hydrogen-bond acceptors (Lipinski definition) is 6. The number of pyridine rings is 1. The first-order chi connectivity index (χ1) is 15.9. The number of rotatable bonds is 6. The first-order valence-electron chi connectivity index (χ1n) is 11.7. The van der Waals surface area contributed by atoms with E-state index in [2.05, 4.69) is 23.2 Å². The number of aromatic nitrogens is 1. The van der Waals surface area contributed by atoms with Gasteiger partial charge in [0.05, 0.1) is 30.8 Å². The molecule has 0 radical (unpaired) electrons. The van der Waals surface area contributed by atoms with E-state index in [1.807, 2.05) is 23.1 Å². The highest BCUT2D eigenvalue weighted by Gasteiger charge is 2.33. The van der Waals surface area contributed by atoms with Crippen LogP contribution in [0, 0.1) is 0 Å². The van der Waals surface area contributed by atoms with Crippen LogP contribution >= 0.6 is 0 Å². The van der Waals surface area contributed by atoms with Gasteiger partial charge in [-0.1, -0.05) is 12.1 Å². The van der Waals surface area contributed by atoms with Crippen LogP contribution < -0.4 is 16.0 Å². The summed E-state index contributed by atoms with van der Waals surface area (Å²) in [6, 6.07) is 8.23. The zero-order valence-corrected chi connectivity index (χ0v) is 19.3. The van der Waals surface area contributed by atoms with Crippen molar-refractivity contribution >= 4 is 29.0 Å². The van der Waals surface area contributed by atoms with E-state index >= 15 is 0 Å². The maximum absolute atomic E-state index is 12.5. The number of carbonyl (C=O) groups is 2. The number of methoxy groups -OCH3 is 1. The zero-order chi connectivity index (χ0) is 23.1. The molecule has 0 bridgehead atoms. The average molecular weight is 450 g/mol. The van der Waals surface area contributed by atoms with Crippen molar-refractivity contribution in [2.75, 3.05) is 49.3 Å². The third-order valence-corrected chi connectivity index (χ3v) is 6.84. The average Bonchev–Trinajstić information content (AvgIpc) is 3.57. The first-order valence-corrected chi connectivity index (χ1v) is 11.7. The van der Waals surface area contributed by atoms with Crippen molar-refractivity contribution in [3.8, 4) is 11.1 Å². The molecule has 1 saturated carbocycles. The van der Waals surface area contributed by atoms with Gasteiger partial charge >= 0.3 is 0 Å². The molecule has 33 heavy (non-hydrogen) atoms. The van der Waals surface area contributed by atoms with Crippen LogP contribution in [0.1, 0.15) is 43.4 Å². The molecule has 2 amide bonds. The van der Waals surface area contributed by atoms with Crippen molar-refractivity contribution in [1.82, 2.24) is 9.88 Å². The summed E-state index contributed by atoms with van der Waals surface area (Å²) in [5.74, 6) is 1.41. The molecule has 1 aromatic heterocycles. The quantitative estimate of drug-likeness (QED) is 0.703. The second kappa shape index (κ2) is 8.67. The molecule has 5 rings (SSSR count). The van der Waals surface area contributed by atoms with Gasteiger partial charge in [-0.2, -0.15) is 0 Å². The number of hydrogen-bond donors (Lipinski definition) is 2. The highest BCUT2D eigenvalue weighted by atomic mass is 16.5. The molecule has 8 heteroatoms. The molecular formula is C25H31N5O3. The number of anilines is 3. The SMILES string of the molecule is COCCC(=O)N1CCN(c2nc(C3CC3)c(-c3ccc4c(c3)NC(=O)C4)cc2N)C[C@H]1C. The fraction of sp³-hybridized carbons (Fsp3) is 0.480. The number of piperazine rings is 1. The standard InChI is InChI=1S/C25H31N5O3/c1-15-14-29(8-9-30(15)23(32)7-10-33-2)25-20(26)13-19(24(28-25)16-3-4-16)17-5-6-18-12-22(31)27-21(18)11-17/h5-6,11,13,15-16H,3-4,7-10,12,14,26H2,1-2H3,(H,27,31)/t15-/m1/s1. The minimum Gasteiger partial charge on any atom is -0.396 e. The Hall–Kier alpha value is -3.13. The summed E-state index contributed by atoms with van der Waals surface area (Å²) in [5, 5.41) is 2.94. The molecular weight excluding hydrogens is 418 g/mol. The summed E-state index contributed by atoms with van der Waals surface area (Å²) >= 11 is 0. The molecule has 3 heterocycles. The Morgan fingerprint density at radius 2 is 2.09 bits per heavy atom. The van der Waals surface area contributed by atoms with E-state index in [0.717, 1.165) is 46.7 Å². The van der Waals surface area contributed by atoms with Crippen LogP contribution in [0.3, 0.4) is 0 Å². The molecule has 0 unspecified atom stereocenters. The number of ether oxygens (including phenoxy) is 1. The van der Waals surface area contributed by atoms with Gasteiger partial charge in [-0.15, -0.1) is 0 Å². The van der Waals surface area contributed by atoms with E-state index in [1.165, 1.54) is 0 Å². The highest BCUT2D eigenvalue weighted by Crippen LogP contribution is 2.46. The Balaban J connectivity index is 1.41. The Labute approximate surface area is 194 Å². The summed E-state index contributed by atoms with van der Waals surface area (Å²) < 4.78 is 5.06. The third kappa shape index (κ3) is 4.27. The zero-order valence-electron chi connectivity index (χ0n) is 19.3. The number of nitrogen functional groups attached to an aromatic ring is 1. The summed E-state index contributed by atoms with van der Waals surface area (Å²) in [6.45, 7) is 4.57. The summed E-state index contributed by atoms with van der Waals surface area (Å²) in [4.78, 5) is 33.5. The Bertz CT molecular complexity index is 1100. The number of carbonyl (C=O) groups excluding carboxylic acids is 2. The number of benzene rings is 1. The molecule has 0 spiro atoms. The van der Waals surface area contributed by atoms with Crippen LogP contribution in [0.2, 0.25) is 0 Å². The predicted molar refractivity (Wildman–Crippen MR) is 128 cm³/mol. The van der Waals surface area contributed by atoms with Gasteiger partial charge in [-0.3, -0.25) is 9.59 Å². The lowest BCUT2D eigenvalue weighted by Gasteiger charge is -2.41. The van der Waals surface area contributed by atoms with Crippen LogP contribution in [-0.2, 0) is 20.7 Å².